The molecule has 0 saturated heterocycles. The predicted octanol–water partition coefficient (Wildman–Crippen LogP) is 2.70. The van der Waals surface area contributed by atoms with Crippen LogP contribution in [0.5, 0.6) is 0 Å². The van der Waals surface area contributed by atoms with Crippen molar-refractivity contribution < 1.29 is 4.79 Å². The molecule has 0 aliphatic rings. The number of thiol groups is 1. The van der Waals surface area contributed by atoms with Crippen molar-refractivity contribution in [2.45, 2.75) is 19.3 Å². The Morgan fingerprint density at radius 2 is 2.55 bits per heavy atom. The highest BCUT2D eigenvalue weighted by Crippen LogP contribution is 2.25. The summed E-state index contributed by atoms with van der Waals surface area (Å²) in [7, 11) is 0. The lowest BCUT2D eigenvalue weighted by molar-refractivity contribution is -0.112. The molecule has 1 aromatic rings. The maximum atomic E-state index is 10.9. The summed E-state index contributed by atoms with van der Waals surface area (Å²) in [6.07, 6.45) is 0.836. The first-order chi connectivity index (χ1) is 5.25. The topological polar surface area (TPSA) is 17.1 Å². The maximum Gasteiger partial charge on any atom is 0.194 e. The van der Waals surface area contributed by atoms with E-state index in [1.165, 1.54) is 0 Å². The van der Waals surface area contributed by atoms with Gasteiger partial charge >= 0.3 is 0 Å². The van der Waals surface area contributed by atoms with Gasteiger partial charge in [-0.05, 0) is 17.9 Å². The monoisotopic (exact) mass is 186 g/mol. The van der Waals surface area contributed by atoms with Gasteiger partial charge in [0.05, 0.1) is 5.92 Å². The molecule has 60 valence electrons. The van der Waals surface area contributed by atoms with Crippen LogP contribution in [0.25, 0.3) is 0 Å². The van der Waals surface area contributed by atoms with Gasteiger partial charge in [-0.1, -0.05) is 13.0 Å². The third-order valence-electron chi connectivity index (χ3n) is 1.59. The first kappa shape index (κ1) is 8.81. The summed E-state index contributed by atoms with van der Waals surface area (Å²) in [6.45, 7) is 2.00. The lowest BCUT2D eigenvalue weighted by Gasteiger charge is -2.06. The van der Waals surface area contributed by atoms with Crippen LogP contribution < -0.4 is 0 Å². The lowest BCUT2D eigenvalue weighted by Crippen LogP contribution is -2.02. The zero-order chi connectivity index (χ0) is 8.27. The van der Waals surface area contributed by atoms with Crippen molar-refractivity contribution in [3.05, 3.63) is 22.4 Å². The van der Waals surface area contributed by atoms with Crippen molar-refractivity contribution in [2.24, 2.45) is 0 Å². The molecule has 0 fully saturated rings. The number of thiophene rings is 1. The summed E-state index contributed by atoms with van der Waals surface area (Å²) in [5.74, 6) is -0.00154. The molecule has 0 spiro atoms. The second kappa shape index (κ2) is 3.93. The van der Waals surface area contributed by atoms with Gasteiger partial charge in [0.1, 0.15) is 0 Å². The van der Waals surface area contributed by atoms with E-state index in [4.69, 9.17) is 0 Å². The van der Waals surface area contributed by atoms with Crippen LogP contribution >= 0.6 is 24.0 Å². The van der Waals surface area contributed by atoms with Crippen LogP contribution in [0.1, 0.15) is 24.1 Å². The summed E-state index contributed by atoms with van der Waals surface area (Å²) in [4.78, 5) is 12.1. The van der Waals surface area contributed by atoms with Gasteiger partial charge < -0.3 is 0 Å². The van der Waals surface area contributed by atoms with Crippen LogP contribution in [0.2, 0.25) is 0 Å². The summed E-state index contributed by atoms with van der Waals surface area (Å²) in [6, 6.07) is 3.94. The molecule has 11 heavy (non-hydrogen) atoms. The summed E-state index contributed by atoms with van der Waals surface area (Å²) in [5, 5.41) is 1.95. The average molecular weight is 186 g/mol. The van der Waals surface area contributed by atoms with Gasteiger partial charge in [-0.15, -0.1) is 24.0 Å². The Morgan fingerprint density at radius 1 is 1.82 bits per heavy atom. The summed E-state index contributed by atoms with van der Waals surface area (Å²) >= 11 is 5.44. The molecular formula is C8H10OS2. The molecule has 1 atom stereocenters. The van der Waals surface area contributed by atoms with E-state index in [1.54, 1.807) is 11.3 Å². The minimum absolute atomic E-state index is 0.00154. The molecule has 1 aromatic heterocycles. The highest BCUT2D eigenvalue weighted by atomic mass is 32.1. The maximum absolute atomic E-state index is 10.9. The standard InChI is InChI=1S/C8H10OS2/c1-2-6(8(9)10)7-4-3-5-11-7/h3-6H,2H2,1H3,(H,9,10). The average Bonchev–Trinajstić information content (AvgIpc) is 2.40. The van der Waals surface area contributed by atoms with E-state index in [-0.39, 0.29) is 11.0 Å². The largest absolute Gasteiger partial charge is 0.287 e. The van der Waals surface area contributed by atoms with E-state index in [0.717, 1.165) is 11.3 Å². The van der Waals surface area contributed by atoms with E-state index >= 15 is 0 Å². The Balaban J connectivity index is 2.79. The minimum Gasteiger partial charge on any atom is -0.287 e. The molecule has 0 aliphatic carbocycles. The third kappa shape index (κ3) is 2.07. The molecule has 0 N–H and O–H groups in total. The van der Waals surface area contributed by atoms with E-state index in [0.29, 0.717) is 0 Å². The van der Waals surface area contributed by atoms with E-state index in [9.17, 15) is 4.79 Å². The summed E-state index contributed by atoms with van der Waals surface area (Å²) < 4.78 is 0. The Kier molecular flexibility index (Phi) is 3.15. The second-order valence-electron chi connectivity index (χ2n) is 2.31. The molecule has 0 radical (unpaired) electrons. The Hall–Kier alpha value is -0.280. The molecule has 0 aromatic carbocycles. The fourth-order valence-electron chi connectivity index (χ4n) is 0.987. The molecule has 1 heterocycles. The van der Waals surface area contributed by atoms with E-state index in [2.05, 4.69) is 12.6 Å². The Labute approximate surface area is 75.8 Å². The fraction of sp³-hybridized carbons (Fsp3) is 0.375. The quantitative estimate of drug-likeness (QED) is 0.718. The Bertz CT molecular complexity index is 228. The van der Waals surface area contributed by atoms with Crippen LogP contribution in [0, 0.1) is 0 Å². The number of carbonyl (C=O) groups excluding carboxylic acids is 1. The number of hydrogen-bond acceptors (Lipinski definition) is 2. The smallest absolute Gasteiger partial charge is 0.194 e. The van der Waals surface area contributed by atoms with Crippen molar-refractivity contribution in [1.82, 2.24) is 0 Å². The van der Waals surface area contributed by atoms with Crippen molar-refractivity contribution in [1.29, 1.82) is 0 Å². The molecule has 0 bridgehead atoms. The SMILES string of the molecule is CCC(C(=O)S)c1cccs1. The van der Waals surface area contributed by atoms with Crippen LogP contribution in [0.3, 0.4) is 0 Å². The number of rotatable bonds is 3. The molecule has 0 amide bonds. The van der Waals surface area contributed by atoms with Gasteiger partial charge in [0.25, 0.3) is 0 Å². The van der Waals surface area contributed by atoms with Crippen LogP contribution in [0.4, 0.5) is 0 Å². The van der Waals surface area contributed by atoms with Gasteiger partial charge in [0, 0.05) is 4.88 Å². The zero-order valence-electron chi connectivity index (χ0n) is 6.28. The number of carbonyl (C=O) groups is 1. The second-order valence-corrected chi connectivity index (χ2v) is 3.73. The fourth-order valence-corrected chi connectivity index (χ4v) is 2.31. The van der Waals surface area contributed by atoms with Crippen LogP contribution in [0.15, 0.2) is 17.5 Å². The van der Waals surface area contributed by atoms with Crippen molar-refractivity contribution >= 4 is 29.1 Å². The predicted molar refractivity (Wildman–Crippen MR) is 51.3 cm³/mol. The molecule has 1 nitrogen and oxygen atoms in total. The van der Waals surface area contributed by atoms with Crippen molar-refractivity contribution in [3.63, 3.8) is 0 Å². The first-order valence-corrected chi connectivity index (χ1v) is 4.84. The molecule has 1 unspecified atom stereocenters. The Morgan fingerprint density at radius 3 is 2.91 bits per heavy atom. The first-order valence-electron chi connectivity index (χ1n) is 3.52. The van der Waals surface area contributed by atoms with Gasteiger partial charge in [-0.25, -0.2) is 0 Å². The zero-order valence-corrected chi connectivity index (χ0v) is 7.99. The van der Waals surface area contributed by atoms with Gasteiger partial charge in [-0.2, -0.15) is 0 Å². The minimum atomic E-state index is -0.0325. The molecule has 0 aliphatic heterocycles. The lowest BCUT2D eigenvalue weighted by atomic mass is 10.1. The normalized spacial score (nSPS) is 12.9. The van der Waals surface area contributed by atoms with Gasteiger partial charge in [0.15, 0.2) is 5.12 Å². The van der Waals surface area contributed by atoms with Crippen molar-refractivity contribution in [3.8, 4) is 0 Å². The van der Waals surface area contributed by atoms with E-state index < -0.39 is 0 Å². The molecular weight excluding hydrogens is 176 g/mol. The molecule has 3 heteroatoms. The van der Waals surface area contributed by atoms with Gasteiger partial charge in [-0.3, -0.25) is 4.79 Å². The third-order valence-corrected chi connectivity index (χ3v) is 2.89. The van der Waals surface area contributed by atoms with E-state index in [1.807, 2.05) is 24.4 Å². The van der Waals surface area contributed by atoms with Crippen LogP contribution in [-0.2, 0) is 4.79 Å². The highest BCUT2D eigenvalue weighted by molar-refractivity contribution is 7.96. The molecule has 1 rings (SSSR count). The highest BCUT2D eigenvalue weighted by Gasteiger charge is 2.15. The van der Waals surface area contributed by atoms with Crippen molar-refractivity contribution in [2.75, 3.05) is 0 Å². The number of hydrogen-bond donors (Lipinski definition) is 1. The van der Waals surface area contributed by atoms with Gasteiger partial charge in [0.2, 0.25) is 0 Å². The van der Waals surface area contributed by atoms with Crippen LogP contribution in [-0.4, -0.2) is 5.12 Å². The summed E-state index contributed by atoms with van der Waals surface area (Å²) in [5.41, 5.74) is 0. The molecule has 0 saturated carbocycles.